The van der Waals surface area contributed by atoms with Crippen molar-refractivity contribution in [3.8, 4) is 0 Å². The van der Waals surface area contributed by atoms with Crippen molar-refractivity contribution in [3.05, 3.63) is 22.2 Å². The number of alkyl halides is 1. The van der Waals surface area contributed by atoms with E-state index in [1.54, 1.807) is 0 Å². The van der Waals surface area contributed by atoms with Crippen molar-refractivity contribution in [2.45, 2.75) is 50.3 Å². The molecule has 0 saturated carbocycles. The van der Waals surface area contributed by atoms with Gasteiger partial charge in [-0.2, -0.15) is 4.98 Å². The number of nitrogen functional groups attached to an aromatic ring is 1. The van der Waals surface area contributed by atoms with Gasteiger partial charge in [0.1, 0.15) is 18.0 Å². The Labute approximate surface area is 158 Å². The van der Waals surface area contributed by atoms with E-state index in [2.05, 4.69) is 10.3 Å². The van der Waals surface area contributed by atoms with Crippen molar-refractivity contribution >= 4 is 17.7 Å². The molecule has 0 spiro atoms. The lowest BCUT2D eigenvalue weighted by atomic mass is 10.1. The number of rotatable bonds is 9. The summed E-state index contributed by atoms with van der Waals surface area (Å²) >= 11 is 0. The van der Waals surface area contributed by atoms with Gasteiger partial charge >= 0.3 is 11.7 Å². The summed E-state index contributed by atoms with van der Waals surface area (Å²) in [7, 11) is 0. The van der Waals surface area contributed by atoms with Gasteiger partial charge in [0.25, 0.3) is 0 Å². The highest BCUT2D eigenvalue weighted by Crippen LogP contribution is 2.31. The molecule has 2 heterocycles. The van der Waals surface area contributed by atoms with E-state index in [4.69, 9.17) is 20.7 Å². The van der Waals surface area contributed by atoms with Gasteiger partial charge in [0.05, 0.1) is 13.0 Å². The lowest BCUT2D eigenvalue weighted by molar-refractivity contribution is -0.138. The zero-order valence-corrected chi connectivity index (χ0v) is 15.0. The van der Waals surface area contributed by atoms with Crippen molar-refractivity contribution in [3.63, 3.8) is 0 Å². The number of carboxylic acids is 1. The molecule has 156 valence electrons. The zero-order chi connectivity index (χ0) is 20.8. The van der Waals surface area contributed by atoms with E-state index >= 15 is 0 Å². The van der Waals surface area contributed by atoms with E-state index in [1.165, 1.54) is 6.20 Å². The van der Waals surface area contributed by atoms with Crippen LogP contribution in [-0.2, 0) is 20.7 Å². The van der Waals surface area contributed by atoms with Gasteiger partial charge in [0.2, 0.25) is 5.91 Å². The van der Waals surface area contributed by atoms with Crippen molar-refractivity contribution in [1.29, 1.82) is 0 Å². The van der Waals surface area contributed by atoms with Crippen LogP contribution in [0.3, 0.4) is 0 Å². The van der Waals surface area contributed by atoms with Gasteiger partial charge in [-0.25, -0.2) is 9.18 Å². The molecule has 6 N–H and O–H groups in total. The summed E-state index contributed by atoms with van der Waals surface area (Å²) in [5.74, 6) is -1.52. The van der Waals surface area contributed by atoms with Crippen LogP contribution in [0.1, 0.15) is 31.1 Å². The number of anilines is 1. The maximum Gasteiger partial charge on any atom is 0.351 e. The lowest BCUT2D eigenvalue weighted by Crippen LogP contribution is -2.34. The Morgan fingerprint density at radius 3 is 2.71 bits per heavy atom. The first-order valence-electron chi connectivity index (χ1n) is 8.69. The summed E-state index contributed by atoms with van der Waals surface area (Å²) < 4.78 is 20.3. The van der Waals surface area contributed by atoms with Gasteiger partial charge in [-0.3, -0.25) is 14.2 Å². The minimum absolute atomic E-state index is 0.0499. The van der Waals surface area contributed by atoms with Gasteiger partial charge in [-0.1, -0.05) is 0 Å². The Balaban J connectivity index is 1.99. The molecule has 0 bridgehead atoms. The molecule has 1 amide bonds. The Kier molecular flexibility index (Phi) is 7.43. The number of aliphatic carboxylic acids is 1. The number of aryl methyl sites for hydroxylation is 1. The minimum Gasteiger partial charge on any atom is -0.481 e. The average molecular weight is 402 g/mol. The summed E-state index contributed by atoms with van der Waals surface area (Å²) in [6.45, 7) is -0.363. The van der Waals surface area contributed by atoms with E-state index in [-0.39, 0.29) is 25.2 Å². The van der Waals surface area contributed by atoms with Gasteiger partial charge < -0.3 is 31.1 Å². The highest BCUT2D eigenvalue weighted by Gasteiger charge is 2.45. The molecular formula is C16H23FN4O7. The van der Waals surface area contributed by atoms with Crippen LogP contribution in [0.25, 0.3) is 0 Å². The molecule has 2 rings (SSSR count). The molecule has 1 unspecified atom stereocenters. The number of carbonyl (C=O) groups is 2. The Bertz CT molecular complexity index is 772. The first-order chi connectivity index (χ1) is 13.2. The monoisotopic (exact) mass is 402 g/mol. The molecule has 1 fully saturated rings. The third kappa shape index (κ3) is 5.24. The lowest BCUT2D eigenvalue weighted by Gasteiger charge is -2.17. The van der Waals surface area contributed by atoms with Crippen LogP contribution < -0.4 is 16.7 Å². The third-order valence-electron chi connectivity index (χ3n) is 4.32. The fourth-order valence-electron chi connectivity index (χ4n) is 2.79. The third-order valence-corrected chi connectivity index (χ3v) is 4.32. The maximum absolute atomic E-state index is 14.2. The van der Waals surface area contributed by atoms with Crippen LogP contribution in [0.2, 0.25) is 0 Å². The summed E-state index contributed by atoms with van der Waals surface area (Å²) in [5, 5.41) is 29.9. The highest BCUT2D eigenvalue weighted by atomic mass is 19.1. The predicted octanol–water partition coefficient (Wildman–Crippen LogP) is -1.67. The zero-order valence-electron chi connectivity index (χ0n) is 15.0. The molecule has 1 saturated heterocycles. The first kappa shape index (κ1) is 21.7. The number of aliphatic hydroxyl groups is 2. The van der Waals surface area contributed by atoms with Crippen LogP contribution in [0, 0.1) is 0 Å². The van der Waals surface area contributed by atoms with E-state index in [9.17, 15) is 23.9 Å². The number of carbonyl (C=O) groups excluding carboxylic acids is 1. The van der Waals surface area contributed by atoms with Crippen molar-refractivity contribution in [1.82, 2.24) is 14.9 Å². The number of aliphatic hydroxyl groups excluding tert-OH is 2. The quantitative estimate of drug-likeness (QED) is 0.302. The van der Waals surface area contributed by atoms with Crippen molar-refractivity contribution in [2.75, 3.05) is 18.9 Å². The Morgan fingerprint density at radius 1 is 1.39 bits per heavy atom. The number of ether oxygens (including phenoxy) is 1. The second-order valence-corrected chi connectivity index (χ2v) is 6.37. The number of nitrogens with two attached hydrogens (primary N) is 1. The summed E-state index contributed by atoms with van der Waals surface area (Å²) in [6.07, 6.45) is -4.51. The molecule has 1 aromatic heterocycles. The number of carboxylic acid groups (broad SMARTS) is 1. The fourth-order valence-corrected chi connectivity index (χ4v) is 2.79. The molecule has 4 atom stereocenters. The van der Waals surface area contributed by atoms with E-state index in [0.717, 1.165) is 4.57 Å². The van der Waals surface area contributed by atoms with Crippen LogP contribution in [0.5, 0.6) is 0 Å². The molecule has 0 aliphatic carbocycles. The maximum atomic E-state index is 14.2. The second-order valence-electron chi connectivity index (χ2n) is 6.37. The molecule has 1 aliphatic rings. The van der Waals surface area contributed by atoms with Crippen molar-refractivity contribution < 1.29 is 34.0 Å². The van der Waals surface area contributed by atoms with E-state index in [1.807, 2.05) is 0 Å². The van der Waals surface area contributed by atoms with Gasteiger partial charge in [-0.05, 0) is 12.8 Å². The van der Waals surface area contributed by atoms with Crippen molar-refractivity contribution in [2.24, 2.45) is 0 Å². The molecular weight excluding hydrogens is 379 g/mol. The number of amides is 1. The van der Waals surface area contributed by atoms with Crippen LogP contribution in [0.4, 0.5) is 10.2 Å². The largest absolute Gasteiger partial charge is 0.481 e. The van der Waals surface area contributed by atoms with Gasteiger partial charge in [0, 0.05) is 24.7 Å². The fraction of sp³-hybridized carbons (Fsp3) is 0.625. The van der Waals surface area contributed by atoms with Crippen LogP contribution in [0.15, 0.2) is 11.0 Å². The molecule has 1 aromatic rings. The normalized spacial score (nSPS) is 24.2. The Hall–Kier alpha value is -2.57. The number of nitrogens with one attached hydrogen (secondary N) is 1. The number of halogens is 1. The first-order valence-corrected chi connectivity index (χ1v) is 8.69. The summed E-state index contributed by atoms with van der Waals surface area (Å²) in [5.41, 5.74) is 5.28. The number of hydrogen-bond acceptors (Lipinski definition) is 8. The standard InChI is InChI=1S/C16H23FN4O7/c17-12-13(26)9(7-22)28-15(12)21-6-8(14(18)20-16(21)27)2-1-5-19-10(23)3-4-11(24)25/h6,9,12-13,15,22,26H,1-5,7H2,(H,19,23)(H,24,25)(H2,18,20,27)/t9-,12?,13+,15-/m1/s1. The van der Waals surface area contributed by atoms with Gasteiger partial charge in [-0.15, -0.1) is 0 Å². The van der Waals surface area contributed by atoms with Crippen LogP contribution in [-0.4, -0.2) is 68.3 Å². The molecule has 0 aromatic carbocycles. The van der Waals surface area contributed by atoms with Crippen LogP contribution >= 0.6 is 0 Å². The van der Waals surface area contributed by atoms with Gasteiger partial charge in [0.15, 0.2) is 12.4 Å². The molecule has 12 heteroatoms. The Morgan fingerprint density at radius 2 is 2.11 bits per heavy atom. The topological polar surface area (TPSA) is 177 Å². The number of nitrogens with zero attached hydrogens (tertiary/aromatic N) is 2. The second kappa shape index (κ2) is 9.57. The molecule has 28 heavy (non-hydrogen) atoms. The molecule has 0 radical (unpaired) electrons. The predicted molar refractivity (Wildman–Crippen MR) is 93.0 cm³/mol. The van der Waals surface area contributed by atoms with E-state index < -0.39 is 48.8 Å². The van der Waals surface area contributed by atoms with E-state index in [0.29, 0.717) is 18.4 Å². The number of aromatic nitrogens is 2. The molecule has 1 aliphatic heterocycles. The summed E-state index contributed by atoms with van der Waals surface area (Å²) in [6, 6.07) is 0. The average Bonchev–Trinajstić information content (AvgIpc) is 2.93. The number of hydrogen-bond donors (Lipinski definition) is 5. The SMILES string of the molecule is Nc1nc(=O)n([C@@H]2O[C@H](CO)[C@H](O)C2F)cc1CCCNC(=O)CCC(=O)O. The summed E-state index contributed by atoms with van der Waals surface area (Å²) in [4.78, 5) is 37.6. The smallest absolute Gasteiger partial charge is 0.351 e. The minimum atomic E-state index is -1.93. The highest BCUT2D eigenvalue weighted by molar-refractivity contribution is 5.80. The molecule has 11 nitrogen and oxygen atoms in total.